The van der Waals surface area contributed by atoms with Crippen molar-refractivity contribution in [3.63, 3.8) is 0 Å². The average Bonchev–Trinajstić information content (AvgIpc) is 3.23. The molecule has 1 aliphatic carbocycles. The van der Waals surface area contributed by atoms with E-state index in [-0.39, 0.29) is 30.3 Å². The van der Waals surface area contributed by atoms with Crippen LogP contribution in [0.3, 0.4) is 0 Å². The van der Waals surface area contributed by atoms with Crippen LogP contribution in [0.15, 0.2) is 0 Å². The molecule has 1 heterocycles. The summed E-state index contributed by atoms with van der Waals surface area (Å²) in [6.07, 6.45) is 1.89. The standard InChI is InChI=1S/C14H24N4O3/c1-4-15-9(2)7-16-11(19)8-18-12(20)14(3,10-5-6-10)17-13(18)21/h9-10,15H,4-8H2,1-3H3,(H,16,19)(H,17,21)/t9-,14?/m1/s1. The normalized spacial score (nSPS) is 26.7. The largest absolute Gasteiger partial charge is 0.353 e. The monoisotopic (exact) mass is 296 g/mol. The number of carbonyl (C=O) groups excluding carboxylic acids is 3. The van der Waals surface area contributed by atoms with Crippen molar-refractivity contribution in [2.75, 3.05) is 19.6 Å². The van der Waals surface area contributed by atoms with Gasteiger partial charge in [0.1, 0.15) is 12.1 Å². The molecule has 21 heavy (non-hydrogen) atoms. The summed E-state index contributed by atoms with van der Waals surface area (Å²) >= 11 is 0. The number of nitrogens with one attached hydrogen (secondary N) is 3. The van der Waals surface area contributed by atoms with Gasteiger partial charge >= 0.3 is 6.03 Å². The van der Waals surface area contributed by atoms with Gasteiger partial charge in [0.25, 0.3) is 5.91 Å². The summed E-state index contributed by atoms with van der Waals surface area (Å²) < 4.78 is 0. The number of imide groups is 1. The molecule has 2 atom stereocenters. The fourth-order valence-corrected chi connectivity index (χ4v) is 2.68. The number of amides is 4. The summed E-state index contributed by atoms with van der Waals surface area (Å²) in [5.74, 6) is -0.399. The highest BCUT2D eigenvalue weighted by Gasteiger charge is 2.56. The second-order valence-corrected chi connectivity index (χ2v) is 6.06. The van der Waals surface area contributed by atoms with Gasteiger partial charge in [0.15, 0.2) is 0 Å². The van der Waals surface area contributed by atoms with E-state index < -0.39 is 11.6 Å². The second-order valence-electron chi connectivity index (χ2n) is 6.06. The maximum absolute atomic E-state index is 12.3. The first-order chi connectivity index (χ1) is 9.88. The number of hydrogen-bond donors (Lipinski definition) is 3. The number of likely N-dealkylation sites (N-methyl/N-ethyl adjacent to an activating group) is 1. The minimum absolute atomic E-state index is 0.152. The van der Waals surface area contributed by atoms with Crippen LogP contribution in [0.1, 0.15) is 33.6 Å². The molecule has 3 N–H and O–H groups in total. The number of hydrogen-bond acceptors (Lipinski definition) is 4. The molecule has 0 aromatic rings. The minimum Gasteiger partial charge on any atom is -0.353 e. The molecule has 1 aliphatic heterocycles. The van der Waals surface area contributed by atoms with E-state index >= 15 is 0 Å². The van der Waals surface area contributed by atoms with Crippen molar-refractivity contribution in [1.82, 2.24) is 20.9 Å². The molecule has 7 nitrogen and oxygen atoms in total. The van der Waals surface area contributed by atoms with Crippen LogP contribution in [0.2, 0.25) is 0 Å². The summed E-state index contributed by atoms with van der Waals surface area (Å²) in [7, 11) is 0. The van der Waals surface area contributed by atoms with Crippen LogP contribution in [0, 0.1) is 5.92 Å². The summed E-state index contributed by atoms with van der Waals surface area (Å²) in [4.78, 5) is 37.2. The Kier molecular flexibility index (Phi) is 4.51. The van der Waals surface area contributed by atoms with Crippen LogP contribution in [0.4, 0.5) is 4.79 Å². The van der Waals surface area contributed by atoms with Crippen LogP contribution in [-0.2, 0) is 9.59 Å². The lowest BCUT2D eigenvalue weighted by molar-refractivity contribution is -0.135. The van der Waals surface area contributed by atoms with E-state index in [1.807, 2.05) is 13.8 Å². The Morgan fingerprint density at radius 3 is 2.71 bits per heavy atom. The lowest BCUT2D eigenvalue weighted by Crippen LogP contribution is -2.47. The Balaban J connectivity index is 1.86. The van der Waals surface area contributed by atoms with Gasteiger partial charge in [-0.05, 0) is 39.2 Å². The van der Waals surface area contributed by atoms with Gasteiger partial charge in [-0.15, -0.1) is 0 Å². The predicted octanol–water partition coefficient (Wildman–Crippen LogP) is -0.179. The van der Waals surface area contributed by atoms with E-state index in [4.69, 9.17) is 0 Å². The molecule has 0 aromatic carbocycles. The molecule has 118 valence electrons. The molecule has 1 saturated heterocycles. The molecule has 2 rings (SSSR count). The second kappa shape index (κ2) is 6.01. The first-order valence-electron chi connectivity index (χ1n) is 7.52. The van der Waals surface area contributed by atoms with E-state index in [1.54, 1.807) is 6.92 Å². The smallest absolute Gasteiger partial charge is 0.325 e. The third kappa shape index (κ3) is 3.34. The van der Waals surface area contributed by atoms with Crippen molar-refractivity contribution < 1.29 is 14.4 Å². The van der Waals surface area contributed by atoms with Crippen molar-refractivity contribution in [1.29, 1.82) is 0 Å². The molecule has 2 aliphatic rings. The summed E-state index contributed by atoms with van der Waals surface area (Å²) in [5, 5.41) is 8.63. The maximum atomic E-state index is 12.3. The van der Waals surface area contributed by atoms with Crippen LogP contribution in [-0.4, -0.2) is 54.0 Å². The molecule has 7 heteroatoms. The van der Waals surface area contributed by atoms with Gasteiger partial charge < -0.3 is 16.0 Å². The van der Waals surface area contributed by atoms with Gasteiger partial charge in [0, 0.05) is 12.6 Å². The highest BCUT2D eigenvalue weighted by molar-refractivity contribution is 6.09. The Bertz CT molecular complexity index is 450. The van der Waals surface area contributed by atoms with Crippen LogP contribution in [0.5, 0.6) is 0 Å². The SMILES string of the molecule is CCN[C@H](C)CNC(=O)CN1C(=O)NC(C)(C2CC2)C1=O. The number of urea groups is 1. The van der Waals surface area contributed by atoms with Crippen molar-refractivity contribution in [2.24, 2.45) is 5.92 Å². The molecule has 0 aromatic heterocycles. The van der Waals surface area contributed by atoms with E-state index in [1.165, 1.54) is 0 Å². The fourth-order valence-electron chi connectivity index (χ4n) is 2.68. The van der Waals surface area contributed by atoms with E-state index in [9.17, 15) is 14.4 Å². The lowest BCUT2D eigenvalue weighted by Gasteiger charge is -2.21. The Morgan fingerprint density at radius 2 is 2.14 bits per heavy atom. The van der Waals surface area contributed by atoms with Gasteiger partial charge in [-0.1, -0.05) is 6.92 Å². The number of rotatable bonds is 7. The fraction of sp³-hybridized carbons (Fsp3) is 0.786. The van der Waals surface area contributed by atoms with Crippen molar-refractivity contribution in [2.45, 2.75) is 45.2 Å². The molecular formula is C14H24N4O3. The maximum Gasteiger partial charge on any atom is 0.325 e. The lowest BCUT2D eigenvalue weighted by atomic mass is 9.96. The third-order valence-electron chi connectivity index (χ3n) is 4.15. The van der Waals surface area contributed by atoms with E-state index in [0.717, 1.165) is 24.3 Å². The molecule has 2 fully saturated rings. The zero-order valence-corrected chi connectivity index (χ0v) is 12.9. The Morgan fingerprint density at radius 1 is 1.48 bits per heavy atom. The Hall–Kier alpha value is -1.63. The average molecular weight is 296 g/mol. The van der Waals surface area contributed by atoms with Gasteiger partial charge in [0.2, 0.25) is 5.91 Å². The predicted molar refractivity (Wildman–Crippen MR) is 77.5 cm³/mol. The number of carbonyl (C=O) groups is 3. The number of nitrogens with zero attached hydrogens (tertiary/aromatic N) is 1. The molecule has 1 unspecified atom stereocenters. The minimum atomic E-state index is -0.825. The first-order valence-corrected chi connectivity index (χ1v) is 7.52. The highest BCUT2D eigenvalue weighted by Crippen LogP contribution is 2.42. The molecule has 0 spiro atoms. The van der Waals surface area contributed by atoms with Gasteiger partial charge in [-0.2, -0.15) is 0 Å². The molecule has 4 amide bonds. The van der Waals surface area contributed by atoms with Crippen molar-refractivity contribution in [3.05, 3.63) is 0 Å². The first kappa shape index (κ1) is 15.8. The third-order valence-corrected chi connectivity index (χ3v) is 4.15. The van der Waals surface area contributed by atoms with E-state index in [0.29, 0.717) is 6.54 Å². The summed E-state index contributed by atoms with van der Waals surface area (Å²) in [5.41, 5.74) is -0.825. The van der Waals surface area contributed by atoms with Crippen LogP contribution < -0.4 is 16.0 Å². The van der Waals surface area contributed by atoms with Gasteiger partial charge in [0.05, 0.1) is 0 Å². The summed E-state index contributed by atoms with van der Waals surface area (Å²) in [6, 6.07) is -0.317. The Labute approximate surface area is 124 Å². The quantitative estimate of drug-likeness (QED) is 0.569. The zero-order valence-electron chi connectivity index (χ0n) is 12.9. The summed E-state index contributed by atoms with van der Waals surface area (Å²) in [6.45, 7) is 6.77. The van der Waals surface area contributed by atoms with Gasteiger partial charge in [-0.25, -0.2) is 4.79 Å². The van der Waals surface area contributed by atoms with Crippen molar-refractivity contribution in [3.8, 4) is 0 Å². The molecule has 1 saturated carbocycles. The zero-order chi connectivity index (χ0) is 15.6. The van der Waals surface area contributed by atoms with E-state index in [2.05, 4.69) is 16.0 Å². The molecule has 0 radical (unpaired) electrons. The molecular weight excluding hydrogens is 272 g/mol. The highest BCUT2D eigenvalue weighted by atomic mass is 16.2. The van der Waals surface area contributed by atoms with Crippen LogP contribution in [0.25, 0.3) is 0 Å². The van der Waals surface area contributed by atoms with Crippen LogP contribution >= 0.6 is 0 Å². The van der Waals surface area contributed by atoms with Gasteiger partial charge in [-0.3, -0.25) is 14.5 Å². The molecule has 0 bridgehead atoms. The van der Waals surface area contributed by atoms with Crippen molar-refractivity contribution >= 4 is 17.8 Å². The topological polar surface area (TPSA) is 90.5 Å².